The fourth-order valence-corrected chi connectivity index (χ4v) is 2.69. The lowest BCUT2D eigenvalue weighted by Gasteiger charge is -2.19. The summed E-state index contributed by atoms with van der Waals surface area (Å²) in [6, 6.07) is 13.0. The zero-order valence-electron chi connectivity index (χ0n) is 16.5. The number of carbonyl (C=O) groups is 2. The van der Waals surface area contributed by atoms with Gasteiger partial charge in [0.2, 0.25) is 6.54 Å². The van der Waals surface area contributed by atoms with Gasteiger partial charge in [-0.2, -0.15) is 9.67 Å². The number of nitrogens with zero attached hydrogens (tertiary/aromatic N) is 3. The van der Waals surface area contributed by atoms with Gasteiger partial charge in [0.15, 0.2) is 12.4 Å². The lowest BCUT2D eigenvalue weighted by atomic mass is 10.2. The molecule has 8 heteroatoms. The van der Waals surface area contributed by atoms with Crippen LogP contribution < -0.4 is 22.4 Å². The van der Waals surface area contributed by atoms with Crippen molar-refractivity contribution in [3.8, 4) is 0 Å². The fourth-order valence-electron chi connectivity index (χ4n) is 2.69. The molecule has 3 aromatic rings. The average Bonchev–Trinajstić information content (AvgIpc) is 3.00. The van der Waals surface area contributed by atoms with Gasteiger partial charge < -0.3 is 17.1 Å². The highest BCUT2D eigenvalue weighted by Crippen LogP contribution is 2.21. The summed E-state index contributed by atoms with van der Waals surface area (Å²) in [4.78, 5) is 24.5. The summed E-state index contributed by atoms with van der Waals surface area (Å²) in [5.41, 5.74) is 3.32. The van der Waals surface area contributed by atoms with Crippen molar-refractivity contribution in [2.75, 3.05) is 0 Å². The molecule has 0 atom stereocenters. The zero-order valence-corrected chi connectivity index (χ0v) is 17.3. The van der Waals surface area contributed by atoms with E-state index >= 15 is 0 Å². The van der Waals surface area contributed by atoms with E-state index in [0.717, 1.165) is 5.39 Å². The number of hydrazone groups is 1. The number of hydrogen-bond acceptors (Lipinski definition) is 4. The third-order valence-corrected chi connectivity index (χ3v) is 3.83. The number of fused-ring (bicyclic) bond motifs is 1. The van der Waals surface area contributed by atoms with Gasteiger partial charge in [-0.1, -0.05) is 24.3 Å². The molecule has 1 N–H and O–H groups in total. The SMILES string of the molecule is CC(C)(C)OC(=O)n1cc(/C=N/NC(=O)C[n+]2ccccc2)c2ccccc21.[Cl-]. The van der Waals surface area contributed by atoms with E-state index in [9.17, 15) is 9.59 Å². The van der Waals surface area contributed by atoms with Crippen LogP contribution in [0, 0.1) is 0 Å². The number of benzene rings is 1. The lowest BCUT2D eigenvalue weighted by Crippen LogP contribution is -3.00. The van der Waals surface area contributed by atoms with Gasteiger partial charge in [0.05, 0.1) is 11.7 Å². The highest BCUT2D eigenvalue weighted by Gasteiger charge is 2.20. The number of hydrogen-bond donors (Lipinski definition) is 1. The molecule has 0 unspecified atom stereocenters. The molecule has 0 fully saturated rings. The smallest absolute Gasteiger partial charge is 0.419 e. The maximum Gasteiger partial charge on any atom is 0.419 e. The Morgan fingerprint density at radius 1 is 1.14 bits per heavy atom. The first-order chi connectivity index (χ1) is 13.3. The standard InChI is InChI=1S/C21H22N4O3.ClH/c1-21(2,3)28-20(27)25-14-16(17-9-5-6-10-18(17)25)13-22-23-19(26)15-24-11-7-4-8-12-24;/h4-14H,15H2,1-3H3;1H/b22-13+;. The normalized spacial score (nSPS) is 11.3. The van der Waals surface area contributed by atoms with Gasteiger partial charge in [-0.3, -0.25) is 9.36 Å². The molecular weight excluding hydrogens is 392 g/mol. The van der Waals surface area contributed by atoms with Crippen LogP contribution in [0.1, 0.15) is 26.3 Å². The Bertz CT molecular complexity index is 1020. The molecule has 1 aromatic carbocycles. The van der Waals surface area contributed by atoms with Crippen molar-refractivity contribution in [2.45, 2.75) is 32.9 Å². The molecule has 7 nitrogen and oxygen atoms in total. The maximum absolute atomic E-state index is 12.5. The van der Waals surface area contributed by atoms with Crippen LogP contribution in [-0.2, 0) is 16.1 Å². The van der Waals surface area contributed by atoms with Crippen molar-refractivity contribution in [1.82, 2.24) is 9.99 Å². The minimum Gasteiger partial charge on any atom is -1.00 e. The molecule has 0 aliphatic rings. The van der Waals surface area contributed by atoms with E-state index in [0.29, 0.717) is 11.1 Å². The fraction of sp³-hybridized carbons (Fsp3) is 0.238. The Morgan fingerprint density at radius 3 is 2.52 bits per heavy atom. The summed E-state index contributed by atoms with van der Waals surface area (Å²) in [7, 11) is 0. The van der Waals surface area contributed by atoms with Crippen molar-refractivity contribution in [1.29, 1.82) is 0 Å². The molecule has 0 spiro atoms. The van der Waals surface area contributed by atoms with Crippen molar-refractivity contribution in [2.24, 2.45) is 5.10 Å². The lowest BCUT2D eigenvalue weighted by molar-refractivity contribution is -0.684. The molecule has 3 rings (SSSR count). The quantitative estimate of drug-likeness (QED) is 0.367. The van der Waals surface area contributed by atoms with Crippen LogP contribution in [0.4, 0.5) is 4.79 Å². The highest BCUT2D eigenvalue weighted by molar-refractivity contribution is 6.02. The van der Waals surface area contributed by atoms with Gasteiger partial charge in [0, 0.05) is 29.3 Å². The van der Waals surface area contributed by atoms with Crippen LogP contribution in [0.25, 0.3) is 10.9 Å². The Balaban J connectivity index is 0.00000300. The minimum atomic E-state index is -0.597. The second-order valence-electron chi connectivity index (χ2n) is 7.29. The van der Waals surface area contributed by atoms with Crippen molar-refractivity contribution < 1.29 is 31.3 Å². The van der Waals surface area contributed by atoms with E-state index in [1.165, 1.54) is 10.8 Å². The van der Waals surface area contributed by atoms with E-state index in [2.05, 4.69) is 10.5 Å². The third kappa shape index (κ3) is 5.89. The Morgan fingerprint density at radius 2 is 1.83 bits per heavy atom. The second-order valence-corrected chi connectivity index (χ2v) is 7.29. The van der Waals surface area contributed by atoms with Crippen LogP contribution in [0.5, 0.6) is 0 Å². The summed E-state index contributed by atoms with van der Waals surface area (Å²) in [6.45, 7) is 5.62. The Hall–Kier alpha value is -3.19. The Kier molecular flexibility index (Phi) is 7.12. The average molecular weight is 415 g/mol. The number of pyridine rings is 1. The summed E-state index contributed by atoms with van der Waals surface area (Å²) in [6.07, 6.45) is 6.32. The monoisotopic (exact) mass is 414 g/mol. The summed E-state index contributed by atoms with van der Waals surface area (Å²) in [5, 5.41) is 4.87. The van der Waals surface area contributed by atoms with Gasteiger partial charge in [0.1, 0.15) is 5.60 Å². The number of aromatic nitrogens is 2. The van der Waals surface area contributed by atoms with Gasteiger partial charge in [-0.05, 0) is 26.8 Å². The molecule has 0 aliphatic heterocycles. The Labute approximate surface area is 175 Å². The van der Waals surface area contributed by atoms with E-state index in [1.54, 1.807) is 23.2 Å². The van der Waals surface area contributed by atoms with Crippen LogP contribution in [0.3, 0.4) is 0 Å². The first-order valence-corrected chi connectivity index (χ1v) is 8.93. The molecule has 2 aromatic heterocycles. The van der Waals surface area contributed by atoms with E-state index in [-0.39, 0.29) is 24.9 Å². The van der Waals surface area contributed by atoms with Crippen molar-refractivity contribution in [3.63, 3.8) is 0 Å². The van der Waals surface area contributed by atoms with Gasteiger partial charge in [0.25, 0.3) is 0 Å². The topological polar surface area (TPSA) is 76.6 Å². The number of nitrogens with one attached hydrogen (secondary N) is 1. The summed E-state index contributed by atoms with van der Waals surface area (Å²) in [5.74, 6) is -0.247. The summed E-state index contributed by atoms with van der Waals surface area (Å²) >= 11 is 0. The molecule has 0 saturated heterocycles. The van der Waals surface area contributed by atoms with E-state index in [4.69, 9.17) is 4.74 Å². The van der Waals surface area contributed by atoms with Gasteiger partial charge in [-0.25, -0.2) is 10.2 Å². The van der Waals surface area contributed by atoms with Crippen LogP contribution in [-0.4, -0.2) is 28.4 Å². The number of carbonyl (C=O) groups excluding carboxylic acids is 2. The molecule has 29 heavy (non-hydrogen) atoms. The van der Waals surface area contributed by atoms with Crippen molar-refractivity contribution >= 4 is 29.1 Å². The van der Waals surface area contributed by atoms with E-state index in [1.807, 2.05) is 63.2 Å². The third-order valence-electron chi connectivity index (χ3n) is 3.83. The maximum atomic E-state index is 12.5. The first kappa shape index (κ1) is 22.1. The molecule has 0 bridgehead atoms. The van der Waals surface area contributed by atoms with Gasteiger partial charge >= 0.3 is 12.0 Å². The first-order valence-electron chi connectivity index (χ1n) is 8.93. The zero-order chi connectivity index (χ0) is 20.1. The number of ether oxygens (including phenoxy) is 1. The predicted molar refractivity (Wildman–Crippen MR) is 106 cm³/mol. The van der Waals surface area contributed by atoms with Gasteiger partial charge in [-0.15, -0.1) is 0 Å². The number of amides is 1. The molecule has 2 heterocycles. The molecule has 0 saturated carbocycles. The molecular formula is C21H23ClN4O3. The number of para-hydroxylation sites is 1. The summed E-state index contributed by atoms with van der Waals surface area (Å²) < 4.78 is 8.66. The number of rotatable bonds is 4. The molecule has 0 aliphatic carbocycles. The molecule has 152 valence electrons. The predicted octanol–water partition coefficient (Wildman–Crippen LogP) is -0.134. The van der Waals surface area contributed by atoms with Crippen LogP contribution >= 0.6 is 0 Å². The van der Waals surface area contributed by atoms with Crippen molar-refractivity contribution in [3.05, 3.63) is 66.6 Å². The van der Waals surface area contributed by atoms with Crippen LogP contribution in [0.2, 0.25) is 0 Å². The molecule has 1 amide bonds. The second kappa shape index (κ2) is 9.34. The minimum absolute atomic E-state index is 0. The highest BCUT2D eigenvalue weighted by atomic mass is 35.5. The van der Waals surface area contributed by atoms with Crippen LogP contribution in [0.15, 0.2) is 66.2 Å². The van der Waals surface area contributed by atoms with E-state index < -0.39 is 11.7 Å². The molecule has 0 radical (unpaired) electrons. The largest absolute Gasteiger partial charge is 1.00 e. The number of halogens is 1.